The van der Waals surface area contributed by atoms with Crippen LogP contribution in [0.3, 0.4) is 0 Å². The van der Waals surface area contributed by atoms with Crippen LogP contribution in [0.2, 0.25) is 0 Å². The lowest BCUT2D eigenvalue weighted by molar-refractivity contribution is -0.376. The predicted octanol–water partition coefficient (Wildman–Crippen LogP) is 2.26. The number of rotatable bonds is 9. The maximum Gasteiger partial charge on any atom is 0.223 e. The van der Waals surface area contributed by atoms with Crippen LogP contribution < -0.4 is 16.0 Å². The van der Waals surface area contributed by atoms with Gasteiger partial charge in [0.25, 0.3) is 0 Å². The molecule has 0 bridgehead atoms. The Labute approximate surface area is 204 Å². The third-order valence-electron chi connectivity index (χ3n) is 6.17. The van der Waals surface area contributed by atoms with Crippen molar-refractivity contribution in [1.29, 1.82) is 0 Å². The number of hydrogen-bond donors (Lipinski definition) is 1. The molecule has 2 heterocycles. The van der Waals surface area contributed by atoms with Gasteiger partial charge in [-0.25, -0.2) is 4.98 Å². The quantitative estimate of drug-likeness (QED) is 0.255. The minimum absolute atomic E-state index is 0.0941. The fourth-order valence-electron chi connectivity index (χ4n) is 4.52. The second-order valence-corrected chi connectivity index (χ2v) is 8.49. The molecule has 0 radical (unpaired) electrons. The van der Waals surface area contributed by atoms with Crippen LogP contribution in [0, 0.1) is 10.4 Å². The molecule has 2 aliphatic carbocycles. The van der Waals surface area contributed by atoms with E-state index in [0.717, 1.165) is 88.7 Å². The summed E-state index contributed by atoms with van der Waals surface area (Å²) in [6.45, 7) is 4.47. The molecule has 0 atom stereocenters. The van der Waals surface area contributed by atoms with Gasteiger partial charge in [-0.1, -0.05) is 18.1 Å². The Morgan fingerprint density at radius 1 is 1.20 bits per heavy atom. The fourth-order valence-corrected chi connectivity index (χ4v) is 4.52. The summed E-state index contributed by atoms with van der Waals surface area (Å²) in [5.41, 5.74) is 9.77. The van der Waals surface area contributed by atoms with Crippen LogP contribution >= 0.6 is 0 Å². The molecular formula is C26H30N5O4-. The van der Waals surface area contributed by atoms with E-state index in [9.17, 15) is 10.4 Å². The van der Waals surface area contributed by atoms with Gasteiger partial charge in [0.15, 0.2) is 0 Å². The molecule has 0 amide bonds. The first-order valence-corrected chi connectivity index (χ1v) is 11.9. The van der Waals surface area contributed by atoms with Crippen LogP contribution in [0.5, 0.6) is 0 Å². The van der Waals surface area contributed by atoms with Crippen molar-refractivity contribution in [2.75, 3.05) is 13.7 Å². The van der Waals surface area contributed by atoms with Gasteiger partial charge < -0.3 is 15.3 Å². The average molecular weight is 477 g/mol. The second kappa shape index (κ2) is 11.1. The third-order valence-corrected chi connectivity index (χ3v) is 6.17. The summed E-state index contributed by atoms with van der Waals surface area (Å²) in [5.74, 6) is 0. The number of nitrogens with zero attached hydrogens (tertiary/aromatic N) is 4. The van der Waals surface area contributed by atoms with Crippen molar-refractivity contribution in [3.8, 4) is 0 Å². The molecular weight excluding hydrogens is 446 g/mol. The molecule has 0 saturated heterocycles. The monoisotopic (exact) mass is 476 g/mol. The highest BCUT2D eigenvalue weighted by Gasteiger charge is 2.19. The maximum absolute atomic E-state index is 11.3. The highest BCUT2D eigenvalue weighted by molar-refractivity contribution is 6.17. The van der Waals surface area contributed by atoms with E-state index in [0.29, 0.717) is 6.61 Å². The largest absolute Gasteiger partial charge is 0.612 e. The smallest absolute Gasteiger partial charge is 0.223 e. The van der Waals surface area contributed by atoms with Crippen LogP contribution in [0.1, 0.15) is 61.3 Å². The highest BCUT2D eigenvalue weighted by atomic mass is 16.8. The van der Waals surface area contributed by atoms with Crippen molar-refractivity contribution >= 4 is 29.3 Å². The Balaban J connectivity index is 1.47. The lowest BCUT2D eigenvalue weighted by atomic mass is 9.91. The van der Waals surface area contributed by atoms with E-state index in [2.05, 4.69) is 22.5 Å². The van der Waals surface area contributed by atoms with E-state index < -0.39 is 0 Å². The summed E-state index contributed by atoms with van der Waals surface area (Å²) < 4.78 is 0. The van der Waals surface area contributed by atoms with Crippen LogP contribution in [0.15, 0.2) is 29.4 Å². The van der Waals surface area contributed by atoms with E-state index >= 15 is 0 Å². The number of hydrogen-bond acceptors (Lipinski definition) is 8. The van der Waals surface area contributed by atoms with Gasteiger partial charge in [-0.15, -0.1) is 0 Å². The van der Waals surface area contributed by atoms with Crippen LogP contribution in [-0.4, -0.2) is 40.0 Å². The van der Waals surface area contributed by atoms with Crippen LogP contribution in [0.25, 0.3) is 17.8 Å². The molecule has 0 fully saturated rings. The van der Waals surface area contributed by atoms with Gasteiger partial charge in [-0.05, 0) is 74.8 Å². The Kier molecular flexibility index (Phi) is 7.77. The number of fused-ring (bicyclic) bond motifs is 2. The lowest BCUT2D eigenvalue weighted by Gasteiger charge is -2.21. The Hall–Kier alpha value is -3.72. The van der Waals surface area contributed by atoms with Crippen molar-refractivity contribution in [3.05, 3.63) is 73.5 Å². The zero-order valence-electron chi connectivity index (χ0n) is 20.3. The highest BCUT2D eigenvalue weighted by Crippen LogP contribution is 2.16. The normalized spacial score (nSPS) is 14.8. The molecule has 0 aromatic carbocycles. The van der Waals surface area contributed by atoms with Gasteiger partial charge in [0.05, 0.1) is 29.0 Å². The van der Waals surface area contributed by atoms with Crippen molar-refractivity contribution in [2.24, 2.45) is 5.16 Å². The first kappa shape index (κ1) is 24.4. The molecule has 0 spiro atoms. The van der Waals surface area contributed by atoms with Gasteiger partial charge in [0, 0.05) is 23.1 Å². The molecule has 184 valence electrons. The zero-order chi connectivity index (χ0) is 24.8. The van der Waals surface area contributed by atoms with E-state index in [1.165, 1.54) is 13.2 Å². The Bertz CT molecular complexity index is 1310. The number of aromatic nitrogens is 2. The number of oxime groups is 1. The van der Waals surface area contributed by atoms with Gasteiger partial charge in [-0.3, -0.25) is 15.3 Å². The molecule has 1 N–H and O–H groups in total. The molecule has 9 nitrogen and oxygen atoms in total. The first-order chi connectivity index (χ1) is 17.0. The molecule has 2 aliphatic rings. The summed E-state index contributed by atoms with van der Waals surface area (Å²) in [5, 5.41) is 28.2. The van der Waals surface area contributed by atoms with Crippen molar-refractivity contribution in [3.63, 3.8) is 0 Å². The molecule has 0 saturated carbocycles. The molecule has 0 aliphatic heterocycles. The van der Waals surface area contributed by atoms with E-state index in [-0.39, 0.29) is 10.6 Å². The van der Waals surface area contributed by atoms with Crippen molar-refractivity contribution in [2.45, 2.75) is 52.4 Å². The number of allylic oxidation sites excluding steroid dienone is 1. The van der Waals surface area contributed by atoms with E-state index in [1.807, 2.05) is 25.1 Å². The summed E-state index contributed by atoms with van der Waals surface area (Å²) >= 11 is 0. The second-order valence-electron chi connectivity index (χ2n) is 8.49. The van der Waals surface area contributed by atoms with Crippen molar-refractivity contribution < 1.29 is 14.6 Å². The minimum atomic E-state index is -0.356. The Morgan fingerprint density at radius 3 is 2.83 bits per heavy atom. The number of hydroxylamine groups is 1. The molecule has 0 unspecified atom stereocenters. The van der Waals surface area contributed by atoms with E-state index in [1.54, 1.807) is 12.2 Å². The van der Waals surface area contributed by atoms with E-state index in [4.69, 9.17) is 14.7 Å². The number of pyridine rings is 2. The average Bonchev–Trinajstić information content (AvgIpc) is 2.87. The summed E-state index contributed by atoms with van der Waals surface area (Å²) in [7, 11) is 1.52. The number of aryl methyl sites for hydroxylation is 1. The zero-order valence-corrected chi connectivity index (χ0v) is 20.3. The van der Waals surface area contributed by atoms with Gasteiger partial charge in [0.1, 0.15) is 12.8 Å². The van der Waals surface area contributed by atoms with Crippen LogP contribution in [-0.2, 0) is 28.9 Å². The molecule has 4 rings (SSSR count). The first-order valence-electron chi connectivity index (χ1n) is 11.9. The topological polar surface area (TPSA) is 118 Å². The molecule has 2 aromatic rings. The number of nitrogens with one attached hydrogen (secondary N) is 1. The maximum atomic E-state index is 11.3. The predicted molar refractivity (Wildman–Crippen MR) is 136 cm³/mol. The van der Waals surface area contributed by atoms with Gasteiger partial charge >= 0.3 is 0 Å². The van der Waals surface area contributed by atoms with Crippen LogP contribution in [0.4, 0.5) is 0 Å². The lowest BCUT2D eigenvalue weighted by Crippen LogP contribution is -2.36. The minimum Gasteiger partial charge on any atom is -0.612 e. The fraction of sp³-hybridized carbons (Fsp3) is 0.385. The SMILES string of the molecule is CCc1c2c(nc3c1=CC(=[N+]([O-])[O-])C=C3)=C(NOCCCc1cccc(/C(C)=N/OC)n1)CCC2. The summed E-state index contributed by atoms with van der Waals surface area (Å²) in [6.07, 6.45) is 10.0. The standard InChI is InChI=1S/C26H30N5O4/c1-4-20-21-10-6-12-25(26(21)28-24-14-13-19(31(32)33)16-22(20)24)30-35-15-7-9-18-8-5-11-23(27-18)17(2)29-34-3/h5,8,11,13-14,16,30H,4,6-7,9-10,12,15H2,1-3H3/q-1/b29-17+. The molecule has 35 heavy (non-hydrogen) atoms. The molecule has 9 heteroatoms. The Morgan fingerprint density at radius 2 is 2.06 bits per heavy atom. The van der Waals surface area contributed by atoms with Crippen molar-refractivity contribution in [1.82, 2.24) is 15.4 Å². The van der Waals surface area contributed by atoms with Gasteiger partial charge in [0.2, 0.25) is 5.71 Å². The summed E-state index contributed by atoms with van der Waals surface area (Å²) in [6, 6.07) is 5.88. The third kappa shape index (κ3) is 5.51. The van der Waals surface area contributed by atoms with Gasteiger partial charge in [-0.2, -0.15) is 4.90 Å². The summed E-state index contributed by atoms with van der Waals surface area (Å²) in [4.78, 5) is 19.8. The molecule has 2 aromatic heterocycles.